The lowest BCUT2D eigenvalue weighted by Crippen LogP contribution is -2.14. The maximum atomic E-state index is 12.5. The SMILES string of the molecule is CCOc1cc(-c2nnc(SCc3cc(=O)n4ccccc4n3)nc2-c2ccc(OC)c(OCC)c2)ccc1OC. The molecule has 5 aromatic rings. The lowest BCUT2D eigenvalue weighted by Gasteiger charge is -2.15. The number of aromatic nitrogens is 5. The summed E-state index contributed by atoms with van der Waals surface area (Å²) in [6.07, 6.45) is 1.70. The van der Waals surface area contributed by atoms with Crippen molar-refractivity contribution < 1.29 is 18.9 Å². The quantitative estimate of drug-likeness (QED) is 0.193. The molecule has 3 aromatic heterocycles. The van der Waals surface area contributed by atoms with Crippen LogP contribution in [0.5, 0.6) is 23.0 Å². The number of rotatable bonds is 11. The number of benzene rings is 2. The fraction of sp³-hybridized carbons (Fsp3) is 0.233. The third-order valence-electron chi connectivity index (χ3n) is 6.11. The topological polar surface area (TPSA) is 110 Å². The normalized spacial score (nSPS) is 10.9. The summed E-state index contributed by atoms with van der Waals surface area (Å²) in [6, 6.07) is 18.2. The molecule has 0 spiro atoms. The second kappa shape index (κ2) is 12.7. The van der Waals surface area contributed by atoms with E-state index in [1.165, 1.54) is 22.2 Å². The van der Waals surface area contributed by atoms with Crippen LogP contribution in [0.25, 0.3) is 28.2 Å². The van der Waals surface area contributed by atoms with E-state index in [0.29, 0.717) is 69.9 Å². The largest absolute Gasteiger partial charge is 0.493 e. The lowest BCUT2D eigenvalue weighted by atomic mass is 10.0. The van der Waals surface area contributed by atoms with Gasteiger partial charge in [0.25, 0.3) is 5.56 Å². The summed E-state index contributed by atoms with van der Waals surface area (Å²) >= 11 is 1.35. The smallest absolute Gasteiger partial charge is 0.258 e. The summed E-state index contributed by atoms with van der Waals surface area (Å²) in [6.45, 7) is 4.79. The monoisotopic (exact) mass is 571 g/mol. The number of pyridine rings is 1. The number of fused-ring (bicyclic) bond motifs is 1. The highest BCUT2D eigenvalue weighted by molar-refractivity contribution is 7.98. The molecule has 3 heterocycles. The first-order valence-electron chi connectivity index (χ1n) is 13.0. The van der Waals surface area contributed by atoms with E-state index in [1.807, 2.05) is 56.3 Å². The third-order valence-corrected chi connectivity index (χ3v) is 6.99. The maximum absolute atomic E-state index is 12.5. The Morgan fingerprint density at radius 1 is 0.756 bits per heavy atom. The Kier molecular flexibility index (Phi) is 8.64. The van der Waals surface area contributed by atoms with Gasteiger partial charge >= 0.3 is 0 Å². The standard InChI is InChI=1S/C30H29N5O5S/c1-5-39-24-15-19(10-12-22(24)37-3)28-29(20-11-13-23(38-4)25(16-20)40-6-2)33-34-30(32-28)41-18-21-17-27(36)35-14-8-7-9-26(35)31-21/h7-17H,5-6,18H2,1-4H3. The van der Waals surface area contributed by atoms with Crippen LogP contribution < -0.4 is 24.5 Å². The van der Waals surface area contributed by atoms with E-state index in [-0.39, 0.29) is 5.56 Å². The Hall–Kier alpha value is -4.64. The van der Waals surface area contributed by atoms with Crippen LogP contribution in [0.2, 0.25) is 0 Å². The lowest BCUT2D eigenvalue weighted by molar-refractivity contribution is 0.311. The third kappa shape index (κ3) is 6.09. The average Bonchev–Trinajstić information content (AvgIpc) is 3.00. The van der Waals surface area contributed by atoms with Crippen LogP contribution in [0.4, 0.5) is 0 Å². The van der Waals surface area contributed by atoms with E-state index in [9.17, 15) is 4.79 Å². The molecule has 0 aliphatic heterocycles. The number of thioether (sulfide) groups is 1. The molecule has 0 aliphatic rings. The van der Waals surface area contributed by atoms with Gasteiger partial charge in [0.05, 0.1) is 33.1 Å². The van der Waals surface area contributed by atoms with E-state index in [4.69, 9.17) is 23.9 Å². The molecule has 41 heavy (non-hydrogen) atoms. The molecule has 0 amide bonds. The zero-order valence-electron chi connectivity index (χ0n) is 23.2. The van der Waals surface area contributed by atoms with E-state index in [2.05, 4.69) is 15.2 Å². The summed E-state index contributed by atoms with van der Waals surface area (Å²) in [5.74, 6) is 2.82. The molecule has 210 valence electrons. The number of ether oxygens (including phenoxy) is 4. The fourth-order valence-corrected chi connectivity index (χ4v) is 4.95. The van der Waals surface area contributed by atoms with Crippen LogP contribution >= 0.6 is 11.8 Å². The van der Waals surface area contributed by atoms with E-state index in [0.717, 1.165) is 11.1 Å². The van der Waals surface area contributed by atoms with Gasteiger partial charge in [-0.15, -0.1) is 10.2 Å². The fourth-order valence-electron chi connectivity index (χ4n) is 4.27. The number of hydrogen-bond donors (Lipinski definition) is 0. The van der Waals surface area contributed by atoms with Gasteiger partial charge in [-0.1, -0.05) is 17.8 Å². The van der Waals surface area contributed by atoms with Crippen molar-refractivity contribution in [3.05, 3.63) is 82.9 Å². The molecule has 0 saturated heterocycles. The highest BCUT2D eigenvalue weighted by Gasteiger charge is 2.18. The summed E-state index contributed by atoms with van der Waals surface area (Å²) in [4.78, 5) is 22.0. The summed E-state index contributed by atoms with van der Waals surface area (Å²) in [5, 5.41) is 9.44. The Balaban J connectivity index is 1.56. The average molecular weight is 572 g/mol. The van der Waals surface area contributed by atoms with Crippen LogP contribution in [0, 0.1) is 0 Å². The van der Waals surface area contributed by atoms with Crippen molar-refractivity contribution >= 4 is 17.4 Å². The molecular weight excluding hydrogens is 542 g/mol. The Morgan fingerprint density at radius 3 is 2.05 bits per heavy atom. The highest BCUT2D eigenvalue weighted by atomic mass is 32.2. The number of methoxy groups -OCH3 is 2. The molecule has 0 saturated carbocycles. The van der Waals surface area contributed by atoms with Gasteiger partial charge in [-0.25, -0.2) is 9.97 Å². The van der Waals surface area contributed by atoms with Crippen LogP contribution in [0.15, 0.2) is 76.8 Å². The number of nitrogens with zero attached hydrogens (tertiary/aromatic N) is 5. The predicted molar refractivity (Wildman–Crippen MR) is 157 cm³/mol. The molecule has 0 fully saturated rings. The summed E-state index contributed by atoms with van der Waals surface area (Å²) in [7, 11) is 3.20. The van der Waals surface area contributed by atoms with Crippen molar-refractivity contribution in [1.29, 1.82) is 0 Å². The van der Waals surface area contributed by atoms with E-state index in [1.54, 1.807) is 32.5 Å². The van der Waals surface area contributed by atoms with Crippen molar-refractivity contribution in [1.82, 2.24) is 24.6 Å². The first-order chi connectivity index (χ1) is 20.0. The molecule has 0 N–H and O–H groups in total. The van der Waals surface area contributed by atoms with Crippen molar-refractivity contribution in [3.63, 3.8) is 0 Å². The van der Waals surface area contributed by atoms with Crippen molar-refractivity contribution in [3.8, 4) is 45.5 Å². The van der Waals surface area contributed by atoms with Gasteiger partial charge in [-0.05, 0) is 62.4 Å². The molecule has 0 radical (unpaired) electrons. The van der Waals surface area contributed by atoms with E-state index >= 15 is 0 Å². The second-order valence-electron chi connectivity index (χ2n) is 8.69. The molecule has 11 heteroatoms. The summed E-state index contributed by atoms with van der Waals surface area (Å²) < 4.78 is 24.1. The molecular formula is C30H29N5O5S. The van der Waals surface area contributed by atoms with Gasteiger partial charge < -0.3 is 18.9 Å². The molecule has 0 unspecified atom stereocenters. The van der Waals surface area contributed by atoms with Gasteiger partial charge in [0.15, 0.2) is 23.0 Å². The minimum Gasteiger partial charge on any atom is -0.493 e. The first-order valence-corrected chi connectivity index (χ1v) is 14.0. The zero-order valence-corrected chi connectivity index (χ0v) is 24.0. The molecule has 10 nitrogen and oxygen atoms in total. The maximum Gasteiger partial charge on any atom is 0.258 e. The number of hydrogen-bond acceptors (Lipinski definition) is 10. The van der Waals surface area contributed by atoms with Crippen LogP contribution in [0.3, 0.4) is 0 Å². The predicted octanol–water partition coefficient (Wildman–Crippen LogP) is 5.32. The molecule has 0 aliphatic carbocycles. The molecule has 5 rings (SSSR count). The van der Waals surface area contributed by atoms with Gasteiger partial charge in [-0.3, -0.25) is 9.20 Å². The van der Waals surface area contributed by atoms with Gasteiger partial charge in [0, 0.05) is 29.1 Å². The van der Waals surface area contributed by atoms with Gasteiger partial charge in [0.2, 0.25) is 5.16 Å². The molecule has 0 bridgehead atoms. The molecule has 2 aromatic carbocycles. The zero-order chi connectivity index (χ0) is 28.8. The van der Waals surface area contributed by atoms with Crippen LogP contribution in [-0.4, -0.2) is 52.0 Å². The summed E-state index contributed by atoms with van der Waals surface area (Å²) in [5.41, 5.74) is 3.76. The minimum atomic E-state index is -0.146. The Morgan fingerprint density at radius 2 is 1.41 bits per heavy atom. The van der Waals surface area contributed by atoms with Crippen LogP contribution in [0.1, 0.15) is 19.5 Å². The van der Waals surface area contributed by atoms with Crippen LogP contribution in [-0.2, 0) is 5.75 Å². The second-order valence-corrected chi connectivity index (χ2v) is 9.63. The van der Waals surface area contributed by atoms with Gasteiger partial charge in [0.1, 0.15) is 17.0 Å². The Labute approximate surface area is 241 Å². The molecule has 0 atom stereocenters. The van der Waals surface area contributed by atoms with E-state index < -0.39 is 0 Å². The Bertz CT molecular complexity index is 1740. The highest BCUT2D eigenvalue weighted by Crippen LogP contribution is 2.38. The van der Waals surface area contributed by atoms with Crippen molar-refractivity contribution in [2.24, 2.45) is 0 Å². The first kappa shape index (κ1) is 27.9. The van der Waals surface area contributed by atoms with Crippen molar-refractivity contribution in [2.45, 2.75) is 24.8 Å². The van der Waals surface area contributed by atoms with Crippen molar-refractivity contribution in [2.75, 3.05) is 27.4 Å². The minimum absolute atomic E-state index is 0.146. The van der Waals surface area contributed by atoms with Gasteiger partial charge in [-0.2, -0.15) is 0 Å².